The van der Waals surface area contributed by atoms with Crippen LogP contribution in [0.1, 0.15) is 11.4 Å². The molecule has 3 aromatic heterocycles. The highest BCUT2D eigenvalue weighted by molar-refractivity contribution is 5.59. The van der Waals surface area contributed by atoms with Crippen LogP contribution in [-0.4, -0.2) is 36.4 Å². The number of halogens is 2. The highest BCUT2D eigenvalue weighted by Gasteiger charge is 2.13. The average molecular weight is 335 g/mol. The fraction of sp³-hybridized carbons (Fsp3) is 0.286. The Labute approximate surface area is 135 Å². The number of rotatable bonds is 6. The number of pyridine rings is 1. The van der Waals surface area contributed by atoms with Gasteiger partial charge in [0.2, 0.25) is 5.88 Å². The van der Waals surface area contributed by atoms with E-state index in [1.165, 1.54) is 6.07 Å². The lowest BCUT2D eigenvalue weighted by Crippen LogP contribution is -2.07. The maximum Gasteiger partial charge on any atom is 0.388 e. The molecule has 0 fully saturated rings. The van der Waals surface area contributed by atoms with Gasteiger partial charge in [-0.3, -0.25) is 4.68 Å². The Morgan fingerprint density at radius 3 is 2.88 bits per heavy atom. The normalized spacial score (nSPS) is 11.2. The number of nitrogens with zero attached hydrogens (tertiary/aromatic N) is 6. The summed E-state index contributed by atoms with van der Waals surface area (Å²) in [4.78, 5) is 4.00. The van der Waals surface area contributed by atoms with Crippen LogP contribution in [-0.2, 0) is 20.1 Å². The number of alkyl halides is 2. The molecule has 0 amide bonds. The van der Waals surface area contributed by atoms with Crippen molar-refractivity contribution >= 4 is 0 Å². The van der Waals surface area contributed by atoms with Gasteiger partial charge in [-0.1, -0.05) is 11.3 Å². The van der Waals surface area contributed by atoms with E-state index in [-0.39, 0.29) is 19.0 Å². The Kier molecular flexibility index (Phi) is 4.47. The molecule has 24 heavy (non-hydrogen) atoms. The maximum absolute atomic E-state index is 12.2. The van der Waals surface area contributed by atoms with E-state index in [2.05, 4.69) is 25.1 Å². The number of aryl methyl sites for hydroxylation is 1. The zero-order valence-electron chi connectivity index (χ0n) is 12.8. The molecule has 3 heterocycles. The third-order valence-corrected chi connectivity index (χ3v) is 3.23. The molecule has 2 N–H and O–H groups in total. The third kappa shape index (κ3) is 3.54. The molecule has 126 valence electrons. The number of hydrogen-bond donors (Lipinski definition) is 1. The first-order valence-corrected chi connectivity index (χ1v) is 7.09. The summed E-state index contributed by atoms with van der Waals surface area (Å²) in [5, 5.41) is 12.4. The van der Waals surface area contributed by atoms with Crippen molar-refractivity contribution in [3.63, 3.8) is 0 Å². The van der Waals surface area contributed by atoms with Gasteiger partial charge in [0.25, 0.3) is 0 Å². The summed E-state index contributed by atoms with van der Waals surface area (Å²) >= 11 is 0. The van der Waals surface area contributed by atoms with E-state index < -0.39 is 6.61 Å². The number of aromatic nitrogens is 6. The van der Waals surface area contributed by atoms with Crippen LogP contribution < -0.4 is 10.5 Å². The van der Waals surface area contributed by atoms with Crippen molar-refractivity contribution < 1.29 is 13.5 Å². The summed E-state index contributed by atoms with van der Waals surface area (Å²) in [6.07, 6.45) is 3.53. The van der Waals surface area contributed by atoms with Gasteiger partial charge in [-0.25, -0.2) is 9.67 Å². The lowest BCUT2D eigenvalue weighted by Gasteiger charge is -2.05. The molecule has 10 heteroatoms. The Bertz CT molecular complexity index is 830. The van der Waals surface area contributed by atoms with Crippen molar-refractivity contribution in [1.29, 1.82) is 0 Å². The minimum atomic E-state index is -2.91. The highest BCUT2D eigenvalue weighted by atomic mass is 19.3. The Balaban J connectivity index is 1.79. The Hall–Kier alpha value is -2.88. The molecule has 3 aromatic rings. The van der Waals surface area contributed by atoms with Gasteiger partial charge in [0.15, 0.2) is 0 Å². The lowest BCUT2D eigenvalue weighted by atomic mass is 10.2. The van der Waals surface area contributed by atoms with Crippen molar-refractivity contribution in [2.24, 2.45) is 12.8 Å². The van der Waals surface area contributed by atoms with Crippen LogP contribution in [0.3, 0.4) is 0 Å². The summed E-state index contributed by atoms with van der Waals surface area (Å²) in [5.41, 5.74) is 8.34. The van der Waals surface area contributed by atoms with E-state index in [1.807, 2.05) is 6.20 Å². The molecule has 3 rings (SSSR count). The standard InChI is InChI=1S/C14H15F2N7O/c1-22-7-10(11(5-17)20-22)12-8-23(21-19-12)6-9-3-2-4-13(18-9)24-14(15)16/h2-4,7-8,14H,5-6,17H2,1H3. The third-order valence-electron chi connectivity index (χ3n) is 3.23. The van der Waals surface area contributed by atoms with Crippen molar-refractivity contribution in [1.82, 2.24) is 29.8 Å². The molecule has 8 nitrogen and oxygen atoms in total. The van der Waals surface area contributed by atoms with Crippen molar-refractivity contribution in [2.75, 3.05) is 0 Å². The topological polar surface area (TPSA) is 96.7 Å². The molecule has 0 aromatic carbocycles. The second-order valence-electron chi connectivity index (χ2n) is 5.01. The van der Waals surface area contributed by atoms with E-state index in [9.17, 15) is 8.78 Å². The molecule has 0 unspecified atom stereocenters. The summed E-state index contributed by atoms with van der Waals surface area (Å²) < 4.78 is 32.0. The minimum Gasteiger partial charge on any atom is -0.417 e. The summed E-state index contributed by atoms with van der Waals surface area (Å²) in [7, 11) is 1.80. The molecule has 0 spiro atoms. The maximum atomic E-state index is 12.2. The van der Waals surface area contributed by atoms with Crippen LogP contribution in [0.2, 0.25) is 0 Å². The monoisotopic (exact) mass is 335 g/mol. The molecule has 0 aliphatic rings. The van der Waals surface area contributed by atoms with E-state index >= 15 is 0 Å². The van der Waals surface area contributed by atoms with Gasteiger partial charge >= 0.3 is 6.61 Å². The zero-order valence-corrected chi connectivity index (χ0v) is 12.8. The lowest BCUT2D eigenvalue weighted by molar-refractivity contribution is -0.0529. The predicted octanol–water partition coefficient (Wildman–Crippen LogP) is 1.18. The molecular weight excluding hydrogens is 320 g/mol. The SMILES string of the molecule is Cn1cc(-c2cn(Cc3cccc(OC(F)F)n3)nn2)c(CN)n1. The first-order chi connectivity index (χ1) is 11.5. The van der Waals surface area contributed by atoms with Crippen molar-refractivity contribution in [3.05, 3.63) is 42.0 Å². The van der Waals surface area contributed by atoms with Crippen LogP contribution in [0.15, 0.2) is 30.6 Å². The largest absolute Gasteiger partial charge is 0.417 e. The first-order valence-electron chi connectivity index (χ1n) is 7.09. The molecule has 0 saturated carbocycles. The van der Waals surface area contributed by atoms with Gasteiger partial charge in [0.05, 0.1) is 24.1 Å². The molecule has 0 aliphatic heterocycles. The van der Waals surface area contributed by atoms with Crippen molar-refractivity contribution in [3.8, 4) is 17.1 Å². The van der Waals surface area contributed by atoms with E-state index in [0.717, 1.165) is 11.3 Å². The summed E-state index contributed by atoms with van der Waals surface area (Å²) in [6.45, 7) is -2.35. The second-order valence-corrected chi connectivity index (χ2v) is 5.01. The summed E-state index contributed by atoms with van der Waals surface area (Å²) in [6, 6.07) is 4.65. The smallest absolute Gasteiger partial charge is 0.388 e. The van der Waals surface area contributed by atoms with Gasteiger partial charge < -0.3 is 10.5 Å². The van der Waals surface area contributed by atoms with Crippen LogP contribution >= 0.6 is 0 Å². The minimum absolute atomic E-state index is 0.138. The van der Waals surface area contributed by atoms with Crippen LogP contribution in [0, 0.1) is 0 Å². The predicted molar refractivity (Wildman–Crippen MR) is 80.1 cm³/mol. The quantitative estimate of drug-likeness (QED) is 0.727. The second kappa shape index (κ2) is 6.71. The van der Waals surface area contributed by atoms with Crippen molar-refractivity contribution in [2.45, 2.75) is 19.7 Å². The molecule has 0 bridgehead atoms. The van der Waals surface area contributed by atoms with Gasteiger partial charge in [-0.05, 0) is 6.07 Å². The van der Waals surface area contributed by atoms with Crippen LogP contribution in [0.5, 0.6) is 5.88 Å². The van der Waals surface area contributed by atoms with Crippen LogP contribution in [0.25, 0.3) is 11.3 Å². The molecule has 0 atom stereocenters. The number of ether oxygens (including phenoxy) is 1. The van der Waals surface area contributed by atoms with Gasteiger partial charge in [-0.15, -0.1) is 5.10 Å². The van der Waals surface area contributed by atoms with Gasteiger partial charge in [0, 0.05) is 31.4 Å². The van der Waals surface area contributed by atoms with Gasteiger partial charge in [0.1, 0.15) is 5.69 Å². The average Bonchev–Trinajstić information content (AvgIpc) is 3.13. The molecule has 0 radical (unpaired) electrons. The fourth-order valence-corrected chi connectivity index (χ4v) is 2.27. The Morgan fingerprint density at radius 2 is 2.12 bits per heavy atom. The fourth-order valence-electron chi connectivity index (χ4n) is 2.27. The first kappa shape index (κ1) is 16.0. The molecule has 0 aliphatic carbocycles. The Morgan fingerprint density at radius 1 is 1.29 bits per heavy atom. The molecule has 0 saturated heterocycles. The number of hydrogen-bond acceptors (Lipinski definition) is 6. The van der Waals surface area contributed by atoms with E-state index in [0.29, 0.717) is 11.4 Å². The van der Waals surface area contributed by atoms with E-state index in [4.69, 9.17) is 5.73 Å². The van der Waals surface area contributed by atoms with Gasteiger partial charge in [-0.2, -0.15) is 13.9 Å². The zero-order chi connectivity index (χ0) is 17.1. The molecular formula is C14H15F2N7O. The van der Waals surface area contributed by atoms with E-state index in [1.54, 1.807) is 34.7 Å². The highest BCUT2D eigenvalue weighted by Crippen LogP contribution is 2.20. The van der Waals surface area contributed by atoms with Crippen LogP contribution in [0.4, 0.5) is 8.78 Å². The number of nitrogens with two attached hydrogens (primary N) is 1. The summed E-state index contributed by atoms with van der Waals surface area (Å²) in [5.74, 6) is -0.138.